The van der Waals surface area contributed by atoms with E-state index < -0.39 is 9.84 Å². The molecule has 8 nitrogen and oxygen atoms in total. The Kier molecular flexibility index (Phi) is 3.54. The first-order chi connectivity index (χ1) is 9.94. The molecule has 3 heterocycles. The highest BCUT2D eigenvalue weighted by Crippen LogP contribution is 2.20. The van der Waals surface area contributed by atoms with Crippen LogP contribution in [0, 0.1) is 0 Å². The number of sulfone groups is 1. The van der Waals surface area contributed by atoms with Crippen molar-refractivity contribution in [1.82, 2.24) is 24.5 Å². The Morgan fingerprint density at radius 3 is 2.71 bits per heavy atom. The van der Waals surface area contributed by atoms with Gasteiger partial charge < -0.3 is 4.90 Å². The molecule has 1 unspecified atom stereocenters. The van der Waals surface area contributed by atoms with Crippen LogP contribution in [0.3, 0.4) is 0 Å². The summed E-state index contributed by atoms with van der Waals surface area (Å²) < 4.78 is 24.9. The van der Waals surface area contributed by atoms with Crippen molar-refractivity contribution in [2.45, 2.75) is 13.0 Å². The van der Waals surface area contributed by atoms with Crippen LogP contribution in [0.5, 0.6) is 0 Å². The van der Waals surface area contributed by atoms with Crippen LogP contribution >= 0.6 is 11.6 Å². The molecule has 0 spiro atoms. The molecule has 112 valence electrons. The maximum absolute atomic E-state index is 11.6. The zero-order valence-electron chi connectivity index (χ0n) is 11.2. The minimum absolute atomic E-state index is 0.0596. The van der Waals surface area contributed by atoms with Gasteiger partial charge in [0.25, 0.3) is 0 Å². The molecule has 21 heavy (non-hydrogen) atoms. The lowest BCUT2D eigenvalue weighted by molar-refractivity contribution is 0.564. The van der Waals surface area contributed by atoms with Crippen LogP contribution in [-0.4, -0.2) is 57.0 Å². The molecule has 1 aliphatic heterocycles. The summed E-state index contributed by atoms with van der Waals surface area (Å²) in [5, 5.41) is 0.0596. The topological polar surface area (TPSA) is 93.9 Å². The number of halogens is 1. The SMILES string of the molecule is CC1CS(=O)(=O)CCN1c1nc(Cl)nc(-n2ccnc2)n1. The number of aromatic nitrogens is 5. The predicted octanol–water partition coefficient (Wildman–Crippen LogP) is 0.334. The summed E-state index contributed by atoms with van der Waals surface area (Å²) in [6.45, 7) is 2.17. The van der Waals surface area contributed by atoms with Crippen molar-refractivity contribution in [3.8, 4) is 5.95 Å². The van der Waals surface area contributed by atoms with Gasteiger partial charge >= 0.3 is 0 Å². The number of imidazole rings is 1. The van der Waals surface area contributed by atoms with Crippen molar-refractivity contribution in [3.63, 3.8) is 0 Å². The third kappa shape index (κ3) is 2.98. The van der Waals surface area contributed by atoms with Crippen LogP contribution < -0.4 is 4.90 Å². The van der Waals surface area contributed by atoms with E-state index in [0.717, 1.165) is 0 Å². The highest BCUT2D eigenvalue weighted by Gasteiger charge is 2.30. The fourth-order valence-corrected chi connectivity index (χ4v) is 3.95. The zero-order valence-corrected chi connectivity index (χ0v) is 12.8. The lowest BCUT2D eigenvalue weighted by Gasteiger charge is -2.33. The number of hydrogen-bond donors (Lipinski definition) is 0. The van der Waals surface area contributed by atoms with E-state index >= 15 is 0 Å². The van der Waals surface area contributed by atoms with Crippen LogP contribution in [0.1, 0.15) is 6.92 Å². The van der Waals surface area contributed by atoms with Crippen molar-refractivity contribution in [1.29, 1.82) is 0 Å². The van der Waals surface area contributed by atoms with E-state index in [4.69, 9.17) is 11.6 Å². The number of hydrogen-bond acceptors (Lipinski definition) is 7. The standard InChI is InChI=1S/C11H13ClN6O2S/c1-8-6-21(19,20)5-4-18(8)11-15-9(12)14-10(16-11)17-3-2-13-7-17/h2-3,7-8H,4-6H2,1H3. The zero-order chi connectivity index (χ0) is 15.0. The van der Waals surface area contributed by atoms with E-state index in [2.05, 4.69) is 19.9 Å². The Bertz CT molecular complexity index is 748. The van der Waals surface area contributed by atoms with Gasteiger partial charge in [-0.1, -0.05) is 0 Å². The molecule has 2 aromatic heterocycles. The number of rotatable bonds is 2. The molecular formula is C11H13ClN6O2S. The second-order valence-electron chi connectivity index (χ2n) is 4.83. The molecule has 0 radical (unpaired) electrons. The van der Waals surface area contributed by atoms with Crippen LogP contribution in [-0.2, 0) is 9.84 Å². The van der Waals surface area contributed by atoms with Gasteiger partial charge in [-0.3, -0.25) is 4.57 Å². The number of nitrogens with zero attached hydrogens (tertiary/aromatic N) is 6. The second kappa shape index (κ2) is 5.23. The Balaban J connectivity index is 1.96. The van der Waals surface area contributed by atoms with E-state index in [1.807, 2.05) is 11.8 Å². The highest BCUT2D eigenvalue weighted by atomic mass is 35.5. The van der Waals surface area contributed by atoms with Crippen LogP contribution in [0.2, 0.25) is 5.28 Å². The van der Waals surface area contributed by atoms with Crippen molar-refractivity contribution >= 4 is 27.4 Å². The average Bonchev–Trinajstić information content (AvgIpc) is 2.90. The lowest BCUT2D eigenvalue weighted by atomic mass is 10.3. The normalized spacial score (nSPS) is 21.4. The summed E-state index contributed by atoms with van der Waals surface area (Å²) in [6.07, 6.45) is 4.85. The molecule has 1 atom stereocenters. The average molecular weight is 329 g/mol. The number of anilines is 1. The molecule has 1 aliphatic rings. The molecule has 0 bridgehead atoms. The first kappa shape index (κ1) is 14.2. The van der Waals surface area contributed by atoms with E-state index in [0.29, 0.717) is 18.4 Å². The van der Waals surface area contributed by atoms with Crippen LogP contribution in [0.25, 0.3) is 5.95 Å². The third-order valence-electron chi connectivity index (χ3n) is 3.25. The molecule has 10 heteroatoms. The summed E-state index contributed by atoms with van der Waals surface area (Å²) in [7, 11) is -3.00. The van der Waals surface area contributed by atoms with E-state index in [9.17, 15) is 8.42 Å². The van der Waals surface area contributed by atoms with Gasteiger partial charge in [-0.15, -0.1) is 0 Å². The Labute approximate surface area is 126 Å². The van der Waals surface area contributed by atoms with Gasteiger partial charge in [-0.05, 0) is 18.5 Å². The first-order valence-corrected chi connectivity index (χ1v) is 8.51. The van der Waals surface area contributed by atoms with Gasteiger partial charge in [0.05, 0.1) is 11.5 Å². The quantitative estimate of drug-likeness (QED) is 0.784. The Morgan fingerprint density at radius 1 is 1.29 bits per heavy atom. The van der Waals surface area contributed by atoms with Crippen LogP contribution in [0.15, 0.2) is 18.7 Å². The van der Waals surface area contributed by atoms with Gasteiger partial charge in [0.15, 0.2) is 9.84 Å². The van der Waals surface area contributed by atoms with Gasteiger partial charge in [0, 0.05) is 25.0 Å². The monoisotopic (exact) mass is 328 g/mol. The van der Waals surface area contributed by atoms with E-state index in [1.54, 1.807) is 23.3 Å². The molecule has 1 saturated heterocycles. The molecule has 0 aromatic carbocycles. The summed E-state index contributed by atoms with van der Waals surface area (Å²) >= 11 is 5.95. The third-order valence-corrected chi connectivity index (χ3v) is 5.21. The maximum Gasteiger partial charge on any atom is 0.241 e. The first-order valence-electron chi connectivity index (χ1n) is 6.31. The summed E-state index contributed by atoms with van der Waals surface area (Å²) in [5.41, 5.74) is 0. The highest BCUT2D eigenvalue weighted by molar-refractivity contribution is 7.91. The van der Waals surface area contributed by atoms with E-state index in [1.165, 1.54) is 0 Å². The molecule has 0 amide bonds. The second-order valence-corrected chi connectivity index (χ2v) is 7.40. The van der Waals surface area contributed by atoms with Gasteiger partial charge in [-0.2, -0.15) is 15.0 Å². The fourth-order valence-electron chi connectivity index (χ4n) is 2.25. The Morgan fingerprint density at radius 2 is 2.05 bits per heavy atom. The molecule has 1 fully saturated rings. The summed E-state index contributed by atoms with van der Waals surface area (Å²) in [6, 6.07) is -0.210. The van der Waals surface area contributed by atoms with Crippen LogP contribution in [0.4, 0.5) is 5.95 Å². The van der Waals surface area contributed by atoms with Crippen molar-refractivity contribution in [3.05, 3.63) is 24.0 Å². The smallest absolute Gasteiger partial charge is 0.241 e. The molecular weight excluding hydrogens is 316 g/mol. The lowest BCUT2D eigenvalue weighted by Crippen LogP contribution is -2.47. The van der Waals surface area contributed by atoms with Gasteiger partial charge in [0.1, 0.15) is 6.33 Å². The van der Waals surface area contributed by atoms with Gasteiger partial charge in [-0.25, -0.2) is 13.4 Å². The Hall–Kier alpha value is -1.74. The molecule has 3 rings (SSSR count). The summed E-state index contributed by atoms with van der Waals surface area (Å²) in [5.74, 6) is 0.891. The van der Waals surface area contributed by atoms with Crippen molar-refractivity contribution < 1.29 is 8.42 Å². The van der Waals surface area contributed by atoms with E-state index in [-0.39, 0.29) is 22.8 Å². The van der Waals surface area contributed by atoms with Crippen molar-refractivity contribution in [2.24, 2.45) is 0 Å². The van der Waals surface area contributed by atoms with Gasteiger partial charge in [0.2, 0.25) is 17.2 Å². The predicted molar refractivity (Wildman–Crippen MR) is 77.4 cm³/mol. The molecule has 2 aromatic rings. The van der Waals surface area contributed by atoms with Crippen molar-refractivity contribution in [2.75, 3.05) is 23.0 Å². The molecule has 0 saturated carbocycles. The minimum Gasteiger partial charge on any atom is -0.336 e. The minimum atomic E-state index is -3.00. The summed E-state index contributed by atoms with van der Waals surface area (Å²) in [4.78, 5) is 18.3. The molecule has 0 N–H and O–H groups in total. The fraction of sp³-hybridized carbons (Fsp3) is 0.455. The maximum atomic E-state index is 11.6. The molecule has 0 aliphatic carbocycles. The largest absolute Gasteiger partial charge is 0.336 e.